The molecule has 5 N–H and O–H groups in total. The van der Waals surface area contributed by atoms with E-state index in [1.54, 1.807) is 21.8 Å². The summed E-state index contributed by atoms with van der Waals surface area (Å²) < 4.78 is 6.24. The lowest BCUT2D eigenvalue weighted by Crippen LogP contribution is -2.58. The highest BCUT2D eigenvalue weighted by Gasteiger charge is 2.43. The number of primary amides is 1. The molecule has 4 aliphatic rings. The number of nitrogens with zero attached hydrogens (tertiary/aromatic N) is 9. The van der Waals surface area contributed by atoms with Crippen LogP contribution in [0.5, 0.6) is 0 Å². The lowest BCUT2D eigenvalue weighted by molar-refractivity contribution is -0.143. The number of pyridine rings is 1. The Labute approximate surface area is 440 Å². The summed E-state index contributed by atoms with van der Waals surface area (Å²) >= 11 is 2.77. The molecule has 2 saturated heterocycles. The third kappa shape index (κ3) is 10.7. The number of aromatic nitrogens is 6. The molecule has 0 radical (unpaired) electrons. The SMILES string of the molecule is Cc1cc(N(C)c2ccc(-c3cnn(CC4(C)CC=C5CC5C4)c3C)c(C(=O)NSc3ccc(N4CCC(C(=O)NC(C(=O)N5CCCC5C(N)=O)C(C)(C)C)CC4)cc3)n2)nnc1Nc1nc2ccccc2s1. The molecule has 1 saturated carbocycles. The van der Waals surface area contributed by atoms with E-state index in [4.69, 9.17) is 20.8 Å². The lowest BCUT2D eigenvalue weighted by Gasteiger charge is -2.37. The molecule has 6 heterocycles. The molecule has 6 aromatic rings. The van der Waals surface area contributed by atoms with E-state index >= 15 is 0 Å². The summed E-state index contributed by atoms with van der Waals surface area (Å²) in [5, 5.41) is 21.1. The van der Waals surface area contributed by atoms with Gasteiger partial charge < -0.3 is 31.1 Å². The number of nitrogens with one attached hydrogen (secondary N) is 3. The number of likely N-dealkylation sites (tertiary alicyclic amines) is 1. The van der Waals surface area contributed by atoms with E-state index in [0.29, 0.717) is 74.3 Å². The number of nitrogens with two attached hydrogens (primary N) is 1. The Hall–Kier alpha value is -6.86. The zero-order valence-corrected chi connectivity index (χ0v) is 44.8. The first-order valence-electron chi connectivity index (χ1n) is 25.6. The number of fused-ring (bicyclic) bond motifs is 2. The van der Waals surface area contributed by atoms with Crippen LogP contribution in [-0.4, -0.2) is 97.2 Å². The van der Waals surface area contributed by atoms with Gasteiger partial charge in [-0.1, -0.05) is 62.8 Å². The normalized spacial score (nSPS) is 20.2. The maximum Gasteiger partial charge on any atom is 0.280 e. The van der Waals surface area contributed by atoms with Crippen LogP contribution in [0.15, 0.2) is 89.5 Å². The molecule has 0 bridgehead atoms. The van der Waals surface area contributed by atoms with Gasteiger partial charge in [-0.05, 0) is 148 Å². The molecule has 386 valence electrons. The molecule has 4 aromatic heterocycles. The molecule has 2 aromatic carbocycles. The van der Waals surface area contributed by atoms with Crippen molar-refractivity contribution >= 4 is 85.4 Å². The first-order chi connectivity index (χ1) is 35.4. The second-order valence-corrected chi connectivity index (χ2v) is 23.8. The summed E-state index contributed by atoms with van der Waals surface area (Å²) in [6.07, 6.45) is 10.2. The van der Waals surface area contributed by atoms with Crippen molar-refractivity contribution in [1.82, 2.24) is 44.9 Å². The van der Waals surface area contributed by atoms with Gasteiger partial charge in [-0.2, -0.15) is 5.10 Å². The van der Waals surface area contributed by atoms with Gasteiger partial charge in [-0.3, -0.25) is 28.6 Å². The number of anilines is 5. The first-order valence-corrected chi connectivity index (χ1v) is 27.2. The predicted molar refractivity (Wildman–Crippen MR) is 291 cm³/mol. The van der Waals surface area contributed by atoms with Crippen LogP contribution >= 0.6 is 23.3 Å². The molecule has 4 amide bonds. The summed E-state index contributed by atoms with van der Waals surface area (Å²) in [7, 11) is 1.86. The fraction of sp³-hybridized carbons (Fsp3) is 0.436. The second-order valence-electron chi connectivity index (χ2n) is 21.9. The van der Waals surface area contributed by atoms with Crippen molar-refractivity contribution in [1.29, 1.82) is 0 Å². The number of carbonyl (C=O) groups is 4. The molecule has 4 unspecified atom stereocenters. The molecular formula is C55H65N13O4S2. The van der Waals surface area contributed by atoms with Crippen molar-refractivity contribution in [3.63, 3.8) is 0 Å². The minimum atomic E-state index is -0.778. The Bertz CT molecular complexity index is 3120. The Morgan fingerprint density at radius 1 is 0.946 bits per heavy atom. The van der Waals surface area contributed by atoms with Crippen LogP contribution in [0.2, 0.25) is 0 Å². The third-order valence-corrected chi connectivity index (χ3v) is 17.0. The van der Waals surface area contributed by atoms with E-state index in [0.717, 1.165) is 62.1 Å². The largest absolute Gasteiger partial charge is 0.371 e. The average molecular weight is 1040 g/mol. The zero-order chi connectivity index (χ0) is 52.1. The number of aryl methyl sites for hydroxylation is 1. The highest BCUT2D eigenvalue weighted by atomic mass is 32.2. The van der Waals surface area contributed by atoms with E-state index in [2.05, 4.69) is 55.1 Å². The van der Waals surface area contributed by atoms with Crippen LogP contribution < -0.4 is 30.9 Å². The van der Waals surface area contributed by atoms with Gasteiger partial charge in [0.25, 0.3) is 5.91 Å². The molecule has 2 aliphatic carbocycles. The van der Waals surface area contributed by atoms with Crippen molar-refractivity contribution < 1.29 is 19.2 Å². The van der Waals surface area contributed by atoms with Gasteiger partial charge in [0.15, 0.2) is 16.8 Å². The van der Waals surface area contributed by atoms with Crippen molar-refractivity contribution in [2.45, 2.75) is 110 Å². The smallest absolute Gasteiger partial charge is 0.280 e. The number of thiazole rings is 1. The fourth-order valence-electron chi connectivity index (χ4n) is 10.7. The Morgan fingerprint density at radius 2 is 1.72 bits per heavy atom. The molecule has 17 nitrogen and oxygen atoms in total. The van der Waals surface area contributed by atoms with E-state index in [-0.39, 0.29) is 34.7 Å². The fourth-order valence-corrected chi connectivity index (χ4v) is 12.1. The third-order valence-electron chi connectivity index (χ3n) is 15.2. The number of amides is 4. The highest BCUT2D eigenvalue weighted by molar-refractivity contribution is 7.98. The van der Waals surface area contributed by atoms with Gasteiger partial charge in [-0.15, -0.1) is 10.2 Å². The second kappa shape index (κ2) is 20.5. The number of allylic oxidation sites excluding steroid dienone is 2. The van der Waals surface area contributed by atoms with Crippen molar-refractivity contribution in [2.24, 2.45) is 28.4 Å². The van der Waals surface area contributed by atoms with Crippen LogP contribution in [-0.2, 0) is 20.9 Å². The Balaban J connectivity index is 0.816. The van der Waals surface area contributed by atoms with Gasteiger partial charge in [0.05, 0.1) is 16.4 Å². The van der Waals surface area contributed by atoms with Gasteiger partial charge in [-0.25, -0.2) is 9.97 Å². The van der Waals surface area contributed by atoms with E-state index in [1.165, 1.54) is 18.4 Å². The molecule has 74 heavy (non-hydrogen) atoms. The number of carbonyl (C=O) groups excluding carboxylic acids is 4. The summed E-state index contributed by atoms with van der Waals surface area (Å²) in [6, 6.07) is 20.3. The number of benzene rings is 2. The maximum absolute atomic E-state index is 14.5. The number of hydrogen-bond donors (Lipinski definition) is 4. The van der Waals surface area contributed by atoms with Gasteiger partial charge >= 0.3 is 0 Å². The summed E-state index contributed by atoms with van der Waals surface area (Å²) in [4.78, 5) is 70.2. The topological polar surface area (TPSA) is 209 Å². The maximum atomic E-state index is 14.5. The number of hydrogen-bond acceptors (Lipinski definition) is 14. The molecule has 4 atom stereocenters. The Kier molecular flexibility index (Phi) is 14.0. The van der Waals surface area contributed by atoms with E-state index in [1.807, 2.05) is 113 Å². The molecule has 10 rings (SSSR count). The molecular weight excluding hydrogens is 971 g/mol. The first kappa shape index (κ1) is 50.7. The number of para-hydroxylation sites is 1. The standard InChI is InChI=1S/C55H65N13O4S2/c1-32-27-45(62-63-49(32)61-53-58-41-11-8-9-13-43(41)73-53)65(7)44-19-18-39(40-30-57-68(33(40)2)31-55(6)23-20-35-28-36(35)29-55)46(59-44)51(71)64-74-38-16-14-37(15-17-38)66-25-21-34(22-26-66)50(70)60-47(54(3,4)5)52(72)67-24-10-12-42(67)48(56)69/h8-9,11,13-20,27,30,34,36,42,47H,10,12,21-26,28-29,31H2,1-7H3,(H2,56,69)(H,60,70)(H,64,71)(H,58,61,63). The molecule has 0 spiro atoms. The number of rotatable bonds is 15. The molecule has 3 fully saturated rings. The predicted octanol–water partition coefficient (Wildman–Crippen LogP) is 8.88. The summed E-state index contributed by atoms with van der Waals surface area (Å²) in [6.45, 7) is 14.7. The van der Waals surface area contributed by atoms with Crippen LogP contribution in [0.25, 0.3) is 21.3 Å². The van der Waals surface area contributed by atoms with E-state index in [9.17, 15) is 19.2 Å². The quantitative estimate of drug-likeness (QED) is 0.0560. The highest BCUT2D eigenvalue weighted by Crippen LogP contribution is 2.52. The number of piperidine rings is 1. The monoisotopic (exact) mass is 1040 g/mol. The molecule has 2 aliphatic heterocycles. The van der Waals surface area contributed by atoms with Crippen molar-refractivity contribution in [2.75, 3.05) is 41.8 Å². The Morgan fingerprint density at radius 3 is 2.43 bits per heavy atom. The summed E-state index contributed by atoms with van der Waals surface area (Å²) in [5.41, 5.74) is 12.3. The summed E-state index contributed by atoms with van der Waals surface area (Å²) in [5.74, 6) is 0.843. The van der Waals surface area contributed by atoms with Gasteiger partial charge in [0.1, 0.15) is 23.6 Å². The zero-order valence-electron chi connectivity index (χ0n) is 43.1. The molecule has 19 heteroatoms. The van der Waals surface area contributed by atoms with Gasteiger partial charge in [0.2, 0.25) is 17.7 Å². The van der Waals surface area contributed by atoms with E-state index < -0.39 is 23.4 Å². The van der Waals surface area contributed by atoms with Gasteiger partial charge in [0, 0.05) is 66.5 Å². The minimum absolute atomic E-state index is 0.105. The lowest BCUT2D eigenvalue weighted by atomic mass is 9.78. The van der Waals surface area contributed by atoms with Crippen LogP contribution in [0.4, 0.5) is 28.3 Å². The minimum Gasteiger partial charge on any atom is -0.371 e. The van der Waals surface area contributed by atoms with Crippen molar-refractivity contribution in [3.8, 4) is 11.1 Å². The van der Waals surface area contributed by atoms with Crippen LogP contribution in [0.3, 0.4) is 0 Å². The van der Waals surface area contributed by atoms with Crippen LogP contribution in [0.1, 0.15) is 94.4 Å². The average Bonchev–Trinajstić information content (AvgIpc) is 3.63. The van der Waals surface area contributed by atoms with Crippen LogP contribution in [0, 0.1) is 36.5 Å². The van der Waals surface area contributed by atoms with Crippen molar-refractivity contribution in [3.05, 3.63) is 102 Å².